The monoisotopic (exact) mass is 290 g/mol. The van der Waals surface area contributed by atoms with Gasteiger partial charge in [-0.15, -0.1) is 0 Å². The molecular weight excluding hydrogens is 271 g/mol. The van der Waals surface area contributed by atoms with Gasteiger partial charge in [0.15, 0.2) is 0 Å². The van der Waals surface area contributed by atoms with Gasteiger partial charge in [0.1, 0.15) is 0 Å². The van der Waals surface area contributed by atoms with Crippen LogP contribution in [0.1, 0.15) is 27.2 Å². The molecule has 0 N–H and O–H groups in total. The number of hydrogen-bond donors (Lipinski definition) is 0. The first-order valence-electron chi connectivity index (χ1n) is 4.31. The quantitative estimate of drug-likeness (QED) is 0.425. The van der Waals surface area contributed by atoms with Crippen molar-refractivity contribution in [3.8, 4) is 0 Å². The topological polar surface area (TPSA) is 18.5 Å². The summed E-state index contributed by atoms with van der Waals surface area (Å²) in [6, 6.07) is 0. The van der Waals surface area contributed by atoms with Gasteiger partial charge in [-0.2, -0.15) is 0 Å². The molecule has 2 radical (unpaired) electrons. The Morgan fingerprint density at radius 1 is 1.46 bits per heavy atom. The molecule has 3 heteroatoms. The first-order chi connectivity index (χ1) is 5.95. The average molecular weight is 289 g/mol. The van der Waals surface area contributed by atoms with Crippen LogP contribution in [-0.4, -0.2) is 34.2 Å². The molecule has 0 aromatic rings. The molecule has 0 aliphatic carbocycles. The van der Waals surface area contributed by atoms with Crippen LogP contribution in [0, 0.1) is 0 Å². The zero-order valence-electron chi connectivity index (χ0n) is 8.72. The molecule has 0 aromatic heterocycles. The SMILES string of the molecule is C=CC(=C)CC[O][Sn][O]C(C)(C)C. The molecule has 13 heavy (non-hydrogen) atoms. The summed E-state index contributed by atoms with van der Waals surface area (Å²) in [5, 5.41) is 0. The van der Waals surface area contributed by atoms with Gasteiger partial charge in [0.05, 0.1) is 0 Å². The van der Waals surface area contributed by atoms with Crippen LogP contribution in [0.15, 0.2) is 24.8 Å². The summed E-state index contributed by atoms with van der Waals surface area (Å²) in [6.07, 6.45) is 2.62. The Balaban J connectivity index is 3.27. The Bertz CT molecular complexity index is 170. The minimum atomic E-state index is -1.08. The van der Waals surface area contributed by atoms with E-state index in [9.17, 15) is 0 Å². The van der Waals surface area contributed by atoms with Gasteiger partial charge in [-0.05, 0) is 0 Å². The van der Waals surface area contributed by atoms with Crippen molar-refractivity contribution in [3.05, 3.63) is 24.8 Å². The molecule has 0 bridgehead atoms. The van der Waals surface area contributed by atoms with E-state index in [2.05, 4.69) is 13.2 Å². The van der Waals surface area contributed by atoms with Gasteiger partial charge in [-0.1, -0.05) is 0 Å². The van der Waals surface area contributed by atoms with Gasteiger partial charge in [0, 0.05) is 0 Å². The summed E-state index contributed by atoms with van der Waals surface area (Å²) in [5.41, 5.74) is 0.969. The van der Waals surface area contributed by atoms with E-state index in [0.29, 0.717) is 6.61 Å². The fraction of sp³-hybridized carbons (Fsp3) is 0.600. The predicted molar refractivity (Wildman–Crippen MR) is 56.5 cm³/mol. The van der Waals surface area contributed by atoms with Gasteiger partial charge >= 0.3 is 92.3 Å². The van der Waals surface area contributed by atoms with Gasteiger partial charge in [-0.25, -0.2) is 0 Å². The molecule has 0 rings (SSSR count). The Kier molecular flexibility index (Phi) is 6.72. The molecular formula is C10H18O2Sn. The summed E-state index contributed by atoms with van der Waals surface area (Å²) >= 11 is -1.08. The van der Waals surface area contributed by atoms with E-state index in [1.54, 1.807) is 6.08 Å². The third-order valence-electron chi connectivity index (χ3n) is 1.22. The molecule has 0 spiro atoms. The van der Waals surface area contributed by atoms with Crippen LogP contribution in [0.2, 0.25) is 0 Å². The fourth-order valence-corrected chi connectivity index (χ4v) is 1.89. The first kappa shape index (κ1) is 13.2. The van der Waals surface area contributed by atoms with Crippen LogP contribution < -0.4 is 0 Å². The van der Waals surface area contributed by atoms with Crippen LogP contribution in [-0.2, 0) is 6.15 Å². The summed E-state index contributed by atoms with van der Waals surface area (Å²) in [4.78, 5) is 0. The number of hydrogen-bond acceptors (Lipinski definition) is 2. The second-order valence-corrected chi connectivity index (χ2v) is 5.64. The molecule has 0 fully saturated rings. The molecule has 0 saturated heterocycles. The van der Waals surface area contributed by atoms with Crippen LogP contribution in [0.3, 0.4) is 0 Å². The van der Waals surface area contributed by atoms with Crippen molar-refractivity contribution < 1.29 is 6.15 Å². The minimum absolute atomic E-state index is 0.0540. The third-order valence-corrected chi connectivity index (χ3v) is 4.13. The first-order valence-corrected chi connectivity index (χ1v) is 6.64. The number of allylic oxidation sites excluding steroid dienone is 1. The molecule has 0 amide bonds. The predicted octanol–water partition coefficient (Wildman–Crippen LogP) is 2.48. The summed E-state index contributed by atoms with van der Waals surface area (Å²) in [6.45, 7) is 14.3. The zero-order chi connectivity index (χ0) is 10.3. The van der Waals surface area contributed by atoms with Crippen molar-refractivity contribution in [1.82, 2.24) is 0 Å². The van der Waals surface area contributed by atoms with Gasteiger partial charge < -0.3 is 0 Å². The molecule has 0 aromatic carbocycles. The van der Waals surface area contributed by atoms with Crippen molar-refractivity contribution >= 4 is 22.0 Å². The van der Waals surface area contributed by atoms with Crippen molar-refractivity contribution in [3.63, 3.8) is 0 Å². The average Bonchev–Trinajstić information content (AvgIpc) is 2.01. The van der Waals surface area contributed by atoms with Gasteiger partial charge in [0.2, 0.25) is 0 Å². The van der Waals surface area contributed by atoms with Crippen molar-refractivity contribution in [2.24, 2.45) is 0 Å². The molecule has 0 atom stereocenters. The molecule has 0 aliphatic rings. The molecule has 0 saturated carbocycles. The standard InChI is InChI=1S/C6H9O.C4H9O.Sn/c1-3-6(2)4-5-7;1-4(2,3)5;/h3H,1-2,4-5H2;1-3H3;/q2*-1;+2. The summed E-state index contributed by atoms with van der Waals surface area (Å²) in [7, 11) is 0. The van der Waals surface area contributed by atoms with E-state index >= 15 is 0 Å². The summed E-state index contributed by atoms with van der Waals surface area (Å²) in [5.74, 6) is 0. The Morgan fingerprint density at radius 2 is 2.08 bits per heavy atom. The Hall–Kier alpha value is 0.199. The van der Waals surface area contributed by atoms with Crippen molar-refractivity contribution in [1.29, 1.82) is 0 Å². The zero-order valence-corrected chi connectivity index (χ0v) is 11.6. The van der Waals surface area contributed by atoms with Crippen LogP contribution >= 0.6 is 0 Å². The van der Waals surface area contributed by atoms with Crippen molar-refractivity contribution in [2.45, 2.75) is 32.8 Å². The molecule has 0 heterocycles. The molecule has 2 nitrogen and oxygen atoms in total. The van der Waals surface area contributed by atoms with E-state index in [0.717, 1.165) is 12.0 Å². The van der Waals surface area contributed by atoms with Crippen molar-refractivity contribution in [2.75, 3.05) is 6.61 Å². The maximum atomic E-state index is 5.54. The second-order valence-electron chi connectivity index (χ2n) is 3.76. The van der Waals surface area contributed by atoms with Crippen LogP contribution in [0.5, 0.6) is 0 Å². The van der Waals surface area contributed by atoms with E-state index in [4.69, 9.17) is 6.15 Å². The normalized spacial score (nSPS) is 11.3. The maximum absolute atomic E-state index is 5.54. The van der Waals surface area contributed by atoms with E-state index in [1.807, 2.05) is 20.8 Å². The Morgan fingerprint density at radius 3 is 2.54 bits per heavy atom. The second kappa shape index (κ2) is 6.62. The summed E-state index contributed by atoms with van der Waals surface area (Å²) < 4.78 is 11.0. The van der Waals surface area contributed by atoms with E-state index < -0.39 is 22.0 Å². The van der Waals surface area contributed by atoms with E-state index in [1.165, 1.54) is 0 Å². The fourth-order valence-electron chi connectivity index (χ4n) is 0.480. The Labute approximate surface area is 92.3 Å². The molecule has 0 unspecified atom stereocenters. The van der Waals surface area contributed by atoms with Gasteiger partial charge in [0.25, 0.3) is 0 Å². The van der Waals surface area contributed by atoms with E-state index in [-0.39, 0.29) is 5.60 Å². The van der Waals surface area contributed by atoms with Gasteiger partial charge in [-0.3, -0.25) is 0 Å². The third kappa shape index (κ3) is 10.1. The molecule has 74 valence electrons. The van der Waals surface area contributed by atoms with Crippen LogP contribution in [0.25, 0.3) is 0 Å². The number of rotatable bonds is 6. The molecule has 0 aliphatic heterocycles. The van der Waals surface area contributed by atoms with Crippen LogP contribution in [0.4, 0.5) is 0 Å².